The third-order valence-corrected chi connectivity index (χ3v) is 4.67. The first-order chi connectivity index (χ1) is 10.1. The van der Waals surface area contributed by atoms with Crippen LogP contribution in [-0.4, -0.2) is 11.0 Å². The second-order valence-electron chi connectivity index (χ2n) is 5.08. The fourth-order valence-corrected chi connectivity index (χ4v) is 3.55. The summed E-state index contributed by atoms with van der Waals surface area (Å²) in [4.78, 5) is 5.88. The fraction of sp³-hybridized carbons (Fsp3) is 0.188. The minimum absolute atomic E-state index is 0.334. The Morgan fingerprint density at radius 2 is 2.24 bits per heavy atom. The highest BCUT2D eigenvalue weighted by Gasteiger charge is 2.10. The van der Waals surface area contributed by atoms with Crippen LogP contribution in [0.3, 0.4) is 0 Å². The van der Waals surface area contributed by atoms with Crippen molar-refractivity contribution in [3.05, 3.63) is 51.3 Å². The predicted molar refractivity (Wildman–Crippen MR) is 95.0 cm³/mol. The standard InChI is InChI=1S/C16H16BrN3S/c1-10(7-12-3-2-6-21-12)20-15-5-4-14(18)13-8-11(17)9-19-16(13)15/h2-6,8-10,20H,7,18H2,1H3. The highest BCUT2D eigenvalue weighted by atomic mass is 79.9. The Labute approximate surface area is 136 Å². The van der Waals surface area contributed by atoms with E-state index in [0.29, 0.717) is 6.04 Å². The van der Waals surface area contributed by atoms with Gasteiger partial charge < -0.3 is 11.1 Å². The number of hydrogen-bond acceptors (Lipinski definition) is 4. The van der Waals surface area contributed by atoms with Gasteiger partial charge in [0.2, 0.25) is 0 Å². The van der Waals surface area contributed by atoms with Crippen molar-refractivity contribution in [3.63, 3.8) is 0 Å². The summed E-state index contributed by atoms with van der Waals surface area (Å²) in [5, 5.41) is 6.62. The van der Waals surface area contributed by atoms with Crippen LogP contribution in [0.15, 0.2) is 46.4 Å². The van der Waals surface area contributed by atoms with Crippen LogP contribution in [0.1, 0.15) is 11.8 Å². The average molecular weight is 362 g/mol. The van der Waals surface area contributed by atoms with Crippen molar-refractivity contribution in [2.24, 2.45) is 0 Å². The van der Waals surface area contributed by atoms with Gasteiger partial charge >= 0.3 is 0 Å². The smallest absolute Gasteiger partial charge is 0.0954 e. The van der Waals surface area contributed by atoms with Crippen molar-refractivity contribution in [2.75, 3.05) is 11.1 Å². The summed E-state index contributed by atoms with van der Waals surface area (Å²) in [6.07, 6.45) is 2.80. The Kier molecular flexibility index (Phi) is 4.12. The maximum absolute atomic E-state index is 6.05. The zero-order valence-corrected chi connectivity index (χ0v) is 14.0. The summed E-state index contributed by atoms with van der Waals surface area (Å²) >= 11 is 5.23. The first kappa shape index (κ1) is 14.4. The predicted octanol–water partition coefficient (Wildman–Crippen LogP) is 4.68. The van der Waals surface area contributed by atoms with Gasteiger partial charge in [-0.3, -0.25) is 4.98 Å². The van der Waals surface area contributed by atoms with Crippen LogP contribution < -0.4 is 11.1 Å². The van der Waals surface area contributed by atoms with E-state index in [9.17, 15) is 0 Å². The van der Waals surface area contributed by atoms with E-state index in [2.05, 4.69) is 50.7 Å². The number of nitrogens with two attached hydrogens (primary N) is 1. The maximum Gasteiger partial charge on any atom is 0.0954 e. The molecule has 0 bridgehead atoms. The molecule has 1 unspecified atom stereocenters. The first-order valence-electron chi connectivity index (χ1n) is 6.76. The lowest BCUT2D eigenvalue weighted by molar-refractivity contribution is 0.801. The van der Waals surface area contributed by atoms with Crippen molar-refractivity contribution >= 4 is 49.5 Å². The van der Waals surface area contributed by atoms with Crippen LogP contribution in [0.4, 0.5) is 11.4 Å². The van der Waals surface area contributed by atoms with E-state index in [1.165, 1.54) is 4.88 Å². The molecule has 0 saturated heterocycles. The van der Waals surface area contributed by atoms with Gasteiger partial charge in [-0.1, -0.05) is 6.07 Å². The average Bonchev–Trinajstić information content (AvgIpc) is 2.95. The normalized spacial score (nSPS) is 12.5. The minimum Gasteiger partial charge on any atom is -0.398 e. The van der Waals surface area contributed by atoms with Gasteiger partial charge in [0.15, 0.2) is 0 Å². The molecular weight excluding hydrogens is 346 g/mol. The fourth-order valence-electron chi connectivity index (χ4n) is 2.38. The molecular formula is C16H16BrN3S. The molecule has 0 aliphatic heterocycles. The van der Waals surface area contributed by atoms with Crippen molar-refractivity contribution < 1.29 is 0 Å². The van der Waals surface area contributed by atoms with Gasteiger partial charge in [0.1, 0.15) is 0 Å². The summed E-state index contributed by atoms with van der Waals surface area (Å²) in [6.45, 7) is 2.18. The van der Waals surface area contributed by atoms with E-state index in [1.54, 1.807) is 17.5 Å². The number of nitrogens with one attached hydrogen (secondary N) is 1. The van der Waals surface area contributed by atoms with Crippen LogP contribution in [0, 0.1) is 0 Å². The van der Waals surface area contributed by atoms with Crippen molar-refractivity contribution in [3.8, 4) is 0 Å². The summed E-state index contributed by atoms with van der Waals surface area (Å²) in [5.41, 5.74) is 8.73. The number of thiophene rings is 1. The molecule has 0 fully saturated rings. The number of anilines is 2. The van der Waals surface area contributed by atoms with Crippen LogP contribution in [0.25, 0.3) is 10.9 Å². The lowest BCUT2D eigenvalue weighted by Gasteiger charge is -2.16. The lowest BCUT2D eigenvalue weighted by atomic mass is 10.1. The second-order valence-corrected chi connectivity index (χ2v) is 7.03. The lowest BCUT2D eigenvalue weighted by Crippen LogP contribution is -2.18. The Morgan fingerprint density at radius 3 is 3.00 bits per heavy atom. The number of nitrogens with zero attached hydrogens (tertiary/aromatic N) is 1. The molecule has 0 spiro atoms. The molecule has 108 valence electrons. The monoisotopic (exact) mass is 361 g/mol. The molecule has 0 amide bonds. The number of hydrogen-bond donors (Lipinski definition) is 2. The van der Waals surface area contributed by atoms with Gasteiger partial charge in [-0.25, -0.2) is 0 Å². The molecule has 2 aromatic heterocycles. The second kappa shape index (κ2) is 6.03. The first-order valence-corrected chi connectivity index (χ1v) is 8.43. The highest BCUT2D eigenvalue weighted by molar-refractivity contribution is 9.10. The molecule has 3 rings (SSSR count). The third-order valence-electron chi connectivity index (χ3n) is 3.34. The van der Waals surface area contributed by atoms with Crippen molar-refractivity contribution in [1.29, 1.82) is 0 Å². The van der Waals surface area contributed by atoms with Gasteiger partial charge in [-0.15, -0.1) is 11.3 Å². The van der Waals surface area contributed by atoms with Crippen LogP contribution >= 0.6 is 27.3 Å². The highest BCUT2D eigenvalue weighted by Crippen LogP contribution is 2.29. The number of benzene rings is 1. The van der Waals surface area contributed by atoms with Crippen LogP contribution in [0.5, 0.6) is 0 Å². The number of pyridine rings is 1. The van der Waals surface area contributed by atoms with E-state index in [0.717, 1.165) is 33.2 Å². The summed E-state index contributed by atoms with van der Waals surface area (Å²) in [7, 11) is 0. The topological polar surface area (TPSA) is 50.9 Å². The SMILES string of the molecule is CC(Cc1cccs1)Nc1ccc(N)c2cc(Br)cnc12. The van der Waals surface area contributed by atoms with Gasteiger partial charge in [0.05, 0.1) is 11.2 Å². The van der Waals surface area contributed by atoms with Crippen LogP contribution in [-0.2, 0) is 6.42 Å². The maximum atomic E-state index is 6.05. The zero-order chi connectivity index (χ0) is 14.8. The summed E-state index contributed by atoms with van der Waals surface area (Å²) in [6, 6.07) is 10.5. The molecule has 21 heavy (non-hydrogen) atoms. The number of rotatable bonds is 4. The molecule has 3 aromatic rings. The van der Waals surface area contributed by atoms with Gasteiger partial charge in [0.25, 0.3) is 0 Å². The minimum atomic E-state index is 0.334. The quantitative estimate of drug-likeness (QED) is 0.663. The largest absolute Gasteiger partial charge is 0.398 e. The van der Waals surface area contributed by atoms with E-state index < -0.39 is 0 Å². The van der Waals surface area contributed by atoms with Gasteiger partial charge in [-0.2, -0.15) is 0 Å². The zero-order valence-electron chi connectivity index (χ0n) is 11.6. The van der Waals surface area contributed by atoms with E-state index >= 15 is 0 Å². The Morgan fingerprint density at radius 1 is 1.38 bits per heavy atom. The van der Waals surface area contributed by atoms with E-state index in [4.69, 9.17) is 5.73 Å². The Hall–Kier alpha value is -1.59. The summed E-state index contributed by atoms with van der Waals surface area (Å²) < 4.78 is 0.936. The molecule has 1 aromatic carbocycles. The number of halogens is 1. The molecule has 1 atom stereocenters. The number of aromatic nitrogens is 1. The molecule has 0 aliphatic carbocycles. The van der Waals surface area contributed by atoms with Crippen molar-refractivity contribution in [2.45, 2.75) is 19.4 Å². The Bertz CT molecular complexity index is 756. The molecule has 0 saturated carbocycles. The molecule has 5 heteroatoms. The van der Waals surface area contributed by atoms with Crippen molar-refractivity contribution in [1.82, 2.24) is 4.98 Å². The Balaban J connectivity index is 1.88. The molecule has 3 nitrogen and oxygen atoms in total. The number of nitrogen functional groups attached to an aromatic ring is 1. The number of fused-ring (bicyclic) bond motifs is 1. The summed E-state index contributed by atoms with van der Waals surface area (Å²) in [5.74, 6) is 0. The van der Waals surface area contributed by atoms with Gasteiger partial charge in [-0.05, 0) is 52.5 Å². The van der Waals surface area contributed by atoms with Gasteiger partial charge in [0, 0.05) is 39.1 Å². The molecule has 0 aliphatic rings. The van der Waals surface area contributed by atoms with E-state index in [1.807, 2.05) is 18.2 Å². The van der Waals surface area contributed by atoms with Crippen LogP contribution in [0.2, 0.25) is 0 Å². The van der Waals surface area contributed by atoms with E-state index in [-0.39, 0.29) is 0 Å². The molecule has 3 N–H and O–H groups in total. The molecule has 2 heterocycles. The molecule has 0 radical (unpaired) electrons. The third kappa shape index (κ3) is 3.19.